The maximum Gasteiger partial charge on any atom is 0.239 e. The van der Waals surface area contributed by atoms with E-state index in [0.717, 1.165) is 0 Å². The van der Waals surface area contributed by atoms with Gasteiger partial charge in [0.25, 0.3) is 0 Å². The monoisotopic (exact) mass is 267 g/mol. The molecule has 1 aromatic rings. The van der Waals surface area contributed by atoms with Crippen LogP contribution in [0.4, 0.5) is 5.69 Å². The molecule has 0 unspecified atom stereocenters. The predicted molar refractivity (Wildman–Crippen MR) is 69.4 cm³/mol. The smallest absolute Gasteiger partial charge is 0.239 e. The van der Waals surface area contributed by atoms with Crippen LogP contribution in [0.2, 0.25) is 0 Å². The lowest BCUT2D eigenvalue weighted by molar-refractivity contribution is -0.113. The Bertz CT molecular complexity index is 511. The molecule has 96 valence electrons. The average molecular weight is 268 g/mol. The minimum Gasteiger partial charge on any atom is -0.487 e. The van der Waals surface area contributed by atoms with Crippen molar-refractivity contribution in [2.75, 3.05) is 11.2 Å². The number of hydrogen-bond acceptors (Lipinski definition) is 3. The maximum atomic E-state index is 12.0. The Morgan fingerprint density at radius 2 is 2.22 bits per heavy atom. The SMILES string of the molecule is CC1(C)CC(=O)c2cc(NC(=O)CCl)ccc2O1. The van der Waals surface area contributed by atoms with Crippen LogP contribution in [0.15, 0.2) is 18.2 Å². The minimum atomic E-state index is -0.481. The van der Waals surface area contributed by atoms with Crippen molar-refractivity contribution in [1.29, 1.82) is 0 Å². The number of Topliss-reactive ketones (excluding diaryl/α,β-unsaturated/α-hetero) is 1. The highest BCUT2D eigenvalue weighted by Crippen LogP contribution is 2.34. The van der Waals surface area contributed by atoms with E-state index in [1.165, 1.54) is 0 Å². The number of alkyl halides is 1. The van der Waals surface area contributed by atoms with Crippen molar-refractivity contribution in [3.63, 3.8) is 0 Å². The molecule has 0 spiro atoms. The van der Waals surface area contributed by atoms with E-state index < -0.39 is 5.60 Å². The number of halogens is 1. The predicted octanol–water partition coefficient (Wildman–Crippen LogP) is 2.61. The molecule has 1 aliphatic rings. The van der Waals surface area contributed by atoms with Crippen molar-refractivity contribution < 1.29 is 14.3 Å². The van der Waals surface area contributed by atoms with Crippen molar-refractivity contribution in [2.24, 2.45) is 0 Å². The summed E-state index contributed by atoms with van der Waals surface area (Å²) in [5.41, 5.74) is 0.572. The van der Waals surface area contributed by atoms with Gasteiger partial charge < -0.3 is 10.1 Å². The number of nitrogens with one attached hydrogen (secondary N) is 1. The summed E-state index contributed by atoms with van der Waals surface area (Å²) >= 11 is 5.41. The number of anilines is 1. The van der Waals surface area contributed by atoms with E-state index in [4.69, 9.17) is 16.3 Å². The molecule has 0 bridgehead atoms. The molecule has 1 N–H and O–H groups in total. The molecule has 0 saturated carbocycles. The van der Waals surface area contributed by atoms with Gasteiger partial charge in [0.1, 0.15) is 17.2 Å². The molecule has 5 heteroatoms. The molecule has 0 fully saturated rings. The van der Waals surface area contributed by atoms with E-state index in [1.54, 1.807) is 18.2 Å². The van der Waals surface area contributed by atoms with Crippen LogP contribution in [0.5, 0.6) is 5.75 Å². The second kappa shape index (κ2) is 4.61. The van der Waals surface area contributed by atoms with Gasteiger partial charge in [-0.25, -0.2) is 0 Å². The first kappa shape index (κ1) is 12.9. The van der Waals surface area contributed by atoms with Crippen LogP contribution in [0, 0.1) is 0 Å². The Kier molecular flexibility index (Phi) is 3.30. The van der Waals surface area contributed by atoms with Gasteiger partial charge in [-0.2, -0.15) is 0 Å². The zero-order valence-electron chi connectivity index (χ0n) is 10.2. The average Bonchev–Trinajstić information content (AvgIpc) is 2.28. The van der Waals surface area contributed by atoms with Crippen LogP contribution in [0.3, 0.4) is 0 Å². The third-order valence-corrected chi connectivity index (χ3v) is 2.90. The third-order valence-electron chi connectivity index (χ3n) is 2.66. The molecule has 0 atom stereocenters. The molecule has 1 aromatic carbocycles. The standard InChI is InChI=1S/C13H14ClNO3/c1-13(2)6-10(16)9-5-8(15-12(17)7-14)3-4-11(9)18-13/h3-5H,6-7H2,1-2H3,(H,15,17). The summed E-state index contributed by atoms with van der Waals surface area (Å²) in [5.74, 6) is 0.152. The molecule has 0 saturated heterocycles. The summed E-state index contributed by atoms with van der Waals surface area (Å²) in [6.07, 6.45) is 0.326. The molecule has 2 rings (SSSR count). The van der Waals surface area contributed by atoms with Crippen LogP contribution in [-0.4, -0.2) is 23.2 Å². The summed E-state index contributed by atoms with van der Waals surface area (Å²) < 4.78 is 5.72. The fraction of sp³-hybridized carbons (Fsp3) is 0.385. The van der Waals surface area contributed by atoms with Crippen molar-refractivity contribution in [3.8, 4) is 5.75 Å². The maximum absolute atomic E-state index is 12.0. The number of amides is 1. The first-order chi connectivity index (χ1) is 8.41. The number of ether oxygens (including phenoxy) is 1. The van der Waals surface area contributed by atoms with Crippen LogP contribution >= 0.6 is 11.6 Å². The summed E-state index contributed by atoms with van der Waals surface area (Å²) in [6, 6.07) is 5.01. The zero-order chi connectivity index (χ0) is 13.3. The third kappa shape index (κ3) is 2.64. The van der Waals surface area contributed by atoms with E-state index in [-0.39, 0.29) is 17.6 Å². The summed E-state index contributed by atoms with van der Waals surface area (Å²) in [7, 11) is 0. The van der Waals surface area contributed by atoms with Crippen LogP contribution in [-0.2, 0) is 4.79 Å². The number of carbonyl (C=O) groups is 2. The van der Waals surface area contributed by atoms with E-state index in [0.29, 0.717) is 23.4 Å². The second-order valence-corrected chi connectivity index (χ2v) is 5.12. The van der Waals surface area contributed by atoms with Crippen LogP contribution in [0.25, 0.3) is 0 Å². The van der Waals surface area contributed by atoms with Crippen LogP contribution < -0.4 is 10.1 Å². The molecule has 0 aromatic heterocycles. The van der Waals surface area contributed by atoms with Gasteiger partial charge in [0.2, 0.25) is 5.91 Å². The van der Waals surface area contributed by atoms with Gasteiger partial charge in [0.15, 0.2) is 5.78 Å². The number of ketones is 1. The lowest BCUT2D eigenvalue weighted by atomic mass is 9.93. The molecular weight excluding hydrogens is 254 g/mol. The fourth-order valence-corrected chi connectivity index (χ4v) is 1.99. The Labute approximate surface area is 110 Å². The van der Waals surface area contributed by atoms with Gasteiger partial charge in [0.05, 0.1) is 12.0 Å². The number of fused-ring (bicyclic) bond motifs is 1. The highest BCUT2D eigenvalue weighted by atomic mass is 35.5. The van der Waals surface area contributed by atoms with E-state index in [1.807, 2.05) is 13.8 Å². The summed E-state index contributed by atoms with van der Waals surface area (Å²) in [5, 5.41) is 2.60. The summed E-state index contributed by atoms with van der Waals surface area (Å²) in [4.78, 5) is 23.2. The fourth-order valence-electron chi connectivity index (χ4n) is 1.92. The molecule has 4 nitrogen and oxygen atoms in total. The molecule has 1 aliphatic heterocycles. The van der Waals surface area contributed by atoms with E-state index in [9.17, 15) is 9.59 Å². The van der Waals surface area contributed by atoms with Crippen molar-refractivity contribution >= 4 is 29.0 Å². The Balaban J connectivity index is 2.30. The lowest BCUT2D eigenvalue weighted by Gasteiger charge is -2.31. The van der Waals surface area contributed by atoms with Gasteiger partial charge in [-0.15, -0.1) is 11.6 Å². The first-order valence-electron chi connectivity index (χ1n) is 5.63. The highest BCUT2D eigenvalue weighted by molar-refractivity contribution is 6.29. The largest absolute Gasteiger partial charge is 0.487 e. The van der Waals surface area contributed by atoms with Gasteiger partial charge in [-0.05, 0) is 32.0 Å². The number of hydrogen-bond donors (Lipinski definition) is 1. The number of carbonyl (C=O) groups excluding carboxylic acids is 2. The van der Waals surface area contributed by atoms with Crippen molar-refractivity contribution in [1.82, 2.24) is 0 Å². The van der Waals surface area contributed by atoms with Gasteiger partial charge in [0, 0.05) is 5.69 Å². The van der Waals surface area contributed by atoms with Crippen LogP contribution in [0.1, 0.15) is 30.6 Å². The van der Waals surface area contributed by atoms with Gasteiger partial charge in [-0.3, -0.25) is 9.59 Å². The molecule has 0 radical (unpaired) electrons. The Hall–Kier alpha value is -1.55. The second-order valence-electron chi connectivity index (χ2n) is 4.85. The molecule has 1 amide bonds. The Morgan fingerprint density at radius 3 is 2.89 bits per heavy atom. The molecule has 1 heterocycles. The lowest BCUT2D eigenvalue weighted by Crippen LogP contribution is -2.35. The minimum absolute atomic E-state index is 0.0169. The van der Waals surface area contributed by atoms with E-state index >= 15 is 0 Å². The van der Waals surface area contributed by atoms with Gasteiger partial charge in [-0.1, -0.05) is 0 Å². The van der Waals surface area contributed by atoms with E-state index in [2.05, 4.69) is 5.32 Å². The van der Waals surface area contributed by atoms with Gasteiger partial charge >= 0.3 is 0 Å². The normalized spacial score (nSPS) is 16.7. The Morgan fingerprint density at radius 1 is 1.50 bits per heavy atom. The van der Waals surface area contributed by atoms with Crippen molar-refractivity contribution in [3.05, 3.63) is 23.8 Å². The zero-order valence-corrected chi connectivity index (χ0v) is 11.0. The van der Waals surface area contributed by atoms with Crippen molar-refractivity contribution in [2.45, 2.75) is 25.9 Å². The quantitative estimate of drug-likeness (QED) is 0.838. The topological polar surface area (TPSA) is 55.4 Å². The molecule has 18 heavy (non-hydrogen) atoms. The first-order valence-corrected chi connectivity index (χ1v) is 6.17. The number of rotatable bonds is 2. The summed E-state index contributed by atoms with van der Waals surface area (Å²) in [6.45, 7) is 3.74. The molecule has 0 aliphatic carbocycles. The number of benzene rings is 1. The molecular formula is C13H14ClNO3. The highest BCUT2D eigenvalue weighted by Gasteiger charge is 2.32.